The lowest BCUT2D eigenvalue weighted by Gasteiger charge is -2.16. The molecule has 1 rings (SSSR count). The number of sulfonamides is 1. The van der Waals surface area contributed by atoms with Crippen molar-refractivity contribution in [1.29, 1.82) is 0 Å². The van der Waals surface area contributed by atoms with E-state index in [0.717, 1.165) is 11.8 Å². The fourth-order valence-corrected chi connectivity index (χ4v) is 3.08. The average molecular weight is 334 g/mol. The minimum atomic E-state index is -3.21. The summed E-state index contributed by atoms with van der Waals surface area (Å²) in [5, 5.41) is 3.11. The number of hydrogen-bond acceptors (Lipinski definition) is 5. The lowest BCUT2D eigenvalue weighted by atomic mass is 10.1. The normalized spacial score (nSPS) is 14.3. The Kier molecular flexibility index (Phi) is 5.92. The van der Waals surface area contributed by atoms with Crippen molar-refractivity contribution in [3.63, 3.8) is 0 Å². The van der Waals surface area contributed by atoms with E-state index in [1.165, 1.54) is 18.4 Å². The third kappa shape index (κ3) is 5.39. The maximum Gasteiger partial charge on any atom is 0.214 e. The molecule has 0 spiro atoms. The Bertz CT molecular complexity index is 665. The van der Waals surface area contributed by atoms with Crippen LogP contribution >= 0.6 is 0 Å². The van der Waals surface area contributed by atoms with E-state index in [9.17, 15) is 16.8 Å². The van der Waals surface area contributed by atoms with E-state index < -0.39 is 19.9 Å². The van der Waals surface area contributed by atoms with E-state index in [-0.39, 0.29) is 16.7 Å². The number of nitrogens with one attached hydrogen (secondary N) is 1. The van der Waals surface area contributed by atoms with Crippen LogP contribution < -0.4 is 5.32 Å². The molecule has 0 heterocycles. The van der Waals surface area contributed by atoms with Gasteiger partial charge < -0.3 is 5.32 Å². The number of hydrogen-bond donors (Lipinski definition) is 1. The SMILES string of the molecule is CC(NCCS(=O)(=O)N(C)C)c1ccc(S(C)(=O)=O)cc1. The number of sulfone groups is 1. The van der Waals surface area contributed by atoms with Crippen LogP contribution in [0.5, 0.6) is 0 Å². The van der Waals surface area contributed by atoms with Crippen molar-refractivity contribution in [3.05, 3.63) is 29.8 Å². The molecule has 1 atom stereocenters. The molecule has 1 aromatic carbocycles. The van der Waals surface area contributed by atoms with Crippen molar-refractivity contribution >= 4 is 19.9 Å². The molecule has 1 N–H and O–H groups in total. The van der Waals surface area contributed by atoms with Gasteiger partial charge in [-0.15, -0.1) is 0 Å². The molecule has 8 heteroatoms. The second-order valence-electron chi connectivity index (χ2n) is 5.12. The second-order valence-corrected chi connectivity index (χ2v) is 9.43. The number of benzene rings is 1. The van der Waals surface area contributed by atoms with Crippen LogP contribution in [-0.2, 0) is 19.9 Å². The predicted octanol–water partition coefficient (Wildman–Crippen LogP) is 0.632. The van der Waals surface area contributed by atoms with Crippen LogP contribution in [0, 0.1) is 0 Å². The molecule has 0 aromatic heterocycles. The van der Waals surface area contributed by atoms with Gasteiger partial charge in [-0.25, -0.2) is 21.1 Å². The van der Waals surface area contributed by atoms with Crippen LogP contribution in [0.25, 0.3) is 0 Å². The maximum atomic E-state index is 11.6. The summed E-state index contributed by atoms with van der Waals surface area (Å²) in [5.74, 6) is 0.0196. The smallest absolute Gasteiger partial charge is 0.214 e. The lowest BCUT2D eigenvalue weighted by molar-refractivity contribution is 0.512. The van der Waals surface area contributed by atoms with Gasteiger partial charge in [0, 0.05) is 32.9 Å². The topological polar surface area (TPSA) is 83.6 Å². The van der Waals surface area contributed by atoms with Gasteiger partial charge in [0.2, 0.25) is 10.0 Å². The van der Waals surface area contributed by atoms with Crippen molar-refractivity contribution in [1.82, 2.24) is 9.62 Å². The molecule has 0 saturated heterocycles. The predicted molar refractivity (Wildman–Crippen MR) is 83.4 cm³/mol. The number of rotatable bonds is 7. The van der Waals surface area contributed by atoms with Crippen LogP contribution in [0.4, 0.5) is 0 Å². The van der Waals surface area contributed by atoms with Crippen molar-refractivity contribution in [2.24, 2.45) is 0 Å². The summed E-state index contributed by atoms with van der Waals surface area (Å²) in [6, 6.07) is 6.51. The Morgan fingerprint density at radius 2 is 1.62 bits per heavy atom. The third-order valence-corrected chi connectivity index (χ3v) is 6.14. The summed E-state index contributed by atoms with van der Waals surface area (Å²) in [7, 11) is -3.40. The first-order valence-corrected chi connectivity index (χ1v) is 9.97. The molecule has 0 fully saturated rings. The van der Waals surface area contributed by atoms with Gasteiger partial charge in [-0.05, 0) is 24.6 Å². The summed E-state index contributed by atoms with van der Waals surface area (Å²) in [6.45, 7) is 2.23. The van der Waals surface area contributed by atoms with Crippen molar-refractivity contribution in [3.8, 4) is 0 Å². The van der Waals surface area contributed by atoms with E-state index in [2.05, 4.69) is 5.32 Å². The lowest BCUT2D eigenvalue weighted by Crippen LogP contribution is -2.32. The maximum absolute atomic E-state index is 11.6. The Labute approximate surface area is 127 Å². The average Bonchev–Trinajstić information content (AvgIpc) is 2.37. The minimum absolute atomic E-state index is 0.0196. The van der Waals surface area contributed by atoms with Gasteiger partial charge in [0.25, 0.3) is 0 Å². The summed E-state index contributed by atoms with van der Waals surface area (Å²) in [5.41, 5.74) is 0.907. The molecular weight excluding hydrogens is 312 g/mol. The molecule has 1 aromatic rings. The van der Waals surface area contributed by atoms with Gasteiger partial charge >= 0.3 is 0 Å². The first kappa shape index (κ1) is 18.1. The Hall–Kier alpha value is -0.960. The first-order valence-electron chi connectivity index (χ1n) is 6.47. The molecule has 120 valence electrons. The molecule has 21 heavy (non-hydrogen) atoms. The van der Waals surface area contributed by atoms with Crippen LogP contribution in [0.15, 0.2) is 29.2 Å². The van der Waals surface area contributed by atoms with Crippen LogP contribution in [0.3, 0.4) is 0 Å². The molecular formula is C13H22N2O4S2. The Balaban J connectivity index is 2.63. The molecule has 0 amide bonds. The van der Waals surface area contributed by atoms with Crippen molar-refractivity contribution in [2.45, 2.75) is 17.9 Å². The van der Waals surface area contributed by atoms with Crippen molar-refractivity contribution < 1.29 is 16.8 Å². The molecule has 0 aliphatic heterocycles. The zero-order valence-corrected chi connectivity index (χ0v) is 14.3. The Morgan fingerprint density at radius 3 is 2.05 bits per heavy atom. The fraction of sp³-hybridized carbons (Fsp3) is 0.538. The van der Waals surface area contributed by atoms with Gasteiger partial charge in [0.1, 0.15) is 0 Å². The second kappa shape index (κ2) is 6.87. The first-order chi connectivity index (χ1) is 9.54. The van der Waals surface area contributed by atoms with Gasteiger partial charge in [0.05, 0.1) is 10.6 Å². The highest BCUT2D eigenvalue weighted by Gasteiger charge is 2.14. The minimum Gasteiger partial charge on any atom is -0.309 e. The highest BCUT2D eigenvalue weighted by Crippen LogP contribution is 2.16. The number of nitrogens with zero attached hydrogens (tertiary/aromatic N) is 1. The highest BCUT2D eigenvalue weighted by atomic mass is 32.2. The van der Waals surface area contributed by atoms with E-state index in [1.54, 1.807) is 24.3 Å². The zero-order chi connectivity index (χ0) is 16.3. The van der Waals surface area contributed by atoms with E-state index in [4.69, 9.17) is 0 Å². The van der Waals surface area contributed by atoms with Gasteiger partial charge in [-0.1, -0.05) is 12.1 Å². The molecule has 0 bridgehead atoms. The van der Waals surface area contributed by atoms with Gasteiger partial charge in [-0.3, -0.25) is 0 Å². The van der Waals surface area contributed by atoms with Crippen LogP contribution in [0.2, 0.25) is 0 Å². The molecule has 1 unspecified atom stereocenters. The quantitative estimate of drug-likeness (QED) is 0.791. The van der Waals surface area contributed by atoms with Crippen LogP contribution in [0.1, 0.15) is 18.5 Å². The summed E-state index contributed by atoms with van der Waals surface area (Å²) in [6.07, 6.45) is 1.16. The largest absolute Gasteiger partial charge is 0.309 e. The summed E-state index contributed by atoms with van der Waals surface area (Å²) in [4.78, 5) is 0.272. The standard InChI is InChI=1S/C13H22N2O4S2/c1-11(14-9-10-21(18,19)15(2)3)12-5-7-13(8-6-12)20(4,16)17/h5-8,11,14H,9-10H2,1-4H3. The highest BCUT2D eigenvalue weighted by molar-refractivity contribution is 7.90. The van der Waals surface area contributed by atoms with Gasteiger partial charge in [-0.2, -0.15) is 0 Å². The molecule has 0 saturated carbocycles. The zero-order valence-electron chi connectivity index (χ0n) is 12.7. The monoisotopic (exact) mass is 334 g/mol. The molecule has 0 aliphatic carbocycles. The van der Waals surface area contributed by atoms with E-state index >= 15 is 0 Å². The molecule has 0 aliphatic rings. The molecule has 0 radical (unpaired) electrons. The Morgan fingerprint density at radius 1 is 1.10 bits per heavy atom. The van der Waals surface area contributed by atoms with E-state index in [0.29, 0.717) is 6.54 Å². The third-order valence-electron chi connectivity index (χ3n) is 3.18. The summed E-state index contributed by atoms with van der Waals surface area (Å²) >= 11 is 0. The summed E-state index contributed by atoms with van der Waals surface area (Å²) < 4.78 is 47.2. The molecule has 6 nitrogen and oxygen atoms in total. The fourth-order valence-electron chi connectivity index (χ4n) is 1.71. The van der Waals surface area contributed by atoms with Crippen molar-refractivity contribution in [2.75, 3.05) is 32.6 Å². The van der Waals surface area contributed by atoms with E-state index in [1.807, 2.05) is 6.92 Å². The van der Waals surface area contributed by atoms with Gasteiger partial charge in [0.15, 0.2) is 9.84 Å². The van der Waals surface area contributed by atoms with Crippen LogP contribution in [-0.4, -0.2) is 53.8 Å².